The van der Waals surface area contributed by atoms with Gasteiger partial charge in [0, 0.05) is 12.6 Å². The van der Waals surface area contributed by atoms with E-state index in [9.17, 15) is 4.79 Å². The molecular weight excluding hydrogens is 232 g/mol. The maximum atomic E-state index is 11.5. The number of carbonyl (C=O) groups excluding carboxylic acids is 1. The highest BCUT2D eigenvalue weighted by atomic mass is 16.5. The number of amides is 1. The van der Waals surface area contributed by atoms with Gasteiger partial charge in [-0.3, -0.25) is 4.79 Å². The number of carbonyl (C=O) groups is 1. The van der Waals surface area contributed by atoms with Crippen molar-refractivity contribution in [2.45, 2.75) is 13.5 Å². The van der Waals surface area contributed by atoms with Crippen molar-refractivity contribution in [3.8, 4) is 0 Å². The summed E-state index contributed by atoms with van der Waals surface area (Å²) < 4.78 is 4.80. The standard InChI is InChI=1S/C12H14N4O2/c1-9-15-11(16-18-9)7-14-12(17)8-13-10-5-3-2-4-6-10/h2-6,13H,7-8H2,1H3,(H,14,17). The third-order valence-corrected chi connectivity index (χ3v) is 2.24. The zero-order valence-electron chi connectivity index (χ0n) is 10.0. The van der Waals surface area contributed by atoms with Crippen LogP contribution in [0.25, 0.3) is 0 Å². The van der Waals surface area contributed by atoms with Crippen LogP contribution in [0, 0.1) is 6.92 Å². The lowest BCUT2D eigenvalue weighted by molar-refractivity contribution is -0.119. The summed E-state index contributed by atoms with van der Waals surface area (Å²) in [7, 11) is 0. The highest BCUT2D eigenvalue weighted by molar-refractivity contribution is 5.80. The predicted octanol–water partition coefficient (Wildman–Crippen LogP) is 1.11. The third-order valence-electron chi connectivity index (χ3n) is 2.24. The first-order chi connectivity index (χ1) is 8.74. The maximum absolute atomic E-state index is 11.5. The van der Waals surface area contributed by atoms with E-state index in [-0.39, 0.29) is 19.0 Å². The molecule has 6 nitrogen and oxygen atoms in total. The topological polar surface area (TPSA) is 80.0 Å². The Kier molecular flexibility index (Phi) is 3.90. The van der Waals surface area contributed by atoms with E-state index < -0.39 is 0 Å². The van der Waals surface area contributed by atoms with Crippen LogP contribution >= 0.6 is 0 Å². The van der Waals surface area contributed by atoms with Crippen LogP contribution in [0.4, 0.5) is 5.69 Å². The van der Waals surface area contributed by atoms with Crippen LogP contribution in [0.1, 0.15) is 11.7 Å². The minimum absolute atomic E-state index is 0.124. The van der Waals surface area contributed by atoms with E-state index in [0.717, 1.165) is 5.69 Å². The summed E-state index contributed by atoms with van der Waals surface area (Å²) in [5, 5.41) is 9.39. The lowest BCUT2D eigenvalue weighted by atomic mass is 10.3. The molecule has 94 valence electrons. The molecule has 0 radical (unpaired) electrons. The second kappa shape index (κ2) is 5.81. The van der Waals surface area contributed by atoms with Crippen molar-refractivity contribution in [3.63, 3.8) is 0 Å². The quantitative estimate of drug-likeness (QED) is 0.826. The molecule has 0 aliphatic carbocycles. The summed E-state index contributed by atoms with van der Waals surface area (Å²) in [4.78, 5) is 15.5. The SMILES string of the molecule is Cc1nc(CNC(=O)CNc2ccccc2)no1. The first kappa shape index (κ1) is 12.1. The van der Waals surface area contributed by atoms with Gasteiger partial charge in [0.05, 0.1) is 13.1 Å². The van der Waals surface area contributed by atoms with E-state index in [0.29, 0.717) is 11.7 Å². The molecule has 1 amide bonds. The monoisotopic (exact) mass is 246 g/mol. The number of hydrogen-bond acceptors (Lipinski definition) is 5. The molecule has 0 aliphatic rings. The van der Waals surface area contributed by atoms with E-state index in [1.165, 1.54) is 0 Å². The molecule has 0 unspecified atom stereocenters. The van der Waals surface area contributed by atoms with Gasteiger partial charge in [-0.05, 0) is 12.1 Å². The summed E-state index contributed by atoms with van der Waals surface area (Å²) in [6, 6.07) is 9.53. The van der Waals surface area contributed by atoms with Crippen LogP contribution in [0.5, 0.6) is 0 Å². The van der Waals surface area contributed by atoms with Crippen LogP contribution < -0.4 is 10.6 Å². The first-order valence-corrected chi connectivity index (χ1v) is 5.59. The molecule has 2 aromatic rings. The van der Waals surface area contributed by atoms with Crippen molar-refractivity contribution < 1.29 is 9.32 Å². The van der Waals surface area contributed by atoms with Gasteiger partial charge in [-0.1, -0.05) is 23.4 Å². The van der Waals surface area contributed by atoms with Gasteiger partial charge in [0.25, 0.3) is 0 Å². The highest BCUT2D eigenvalue weighted by Crippen LogP contribution is 2.03. The zero-order valence-corrected chi connectivity index (χ0v) is 10.0. The van der Waals surface area contributed by atoms with E-state index in [4.69, 9.17) is 4.52 Å². The molecule has 0 fully saturated rings. The minimum atomic E-state index is -0.124. The normalized spacial score (nSPS) is 10.1. The van der Waals surface area contributed by atoms with Crippen LogP contribution in [-0.4, -0.2) is 22.6 Å². The summed E-state index contributed by atoms with van der Waals surface area (Å²) in [6.07, 6.45) is 0. The smallest absolute Gasteiger partial charge is 0.239 e. The number of para-hydroxylation sites is 1. The van der Waals surface area contributed by atoms with Crippen molar-refractivity contribution in [1.29, 1.82) is 0 Å². The lowest BCUT2D eigenvalue weighted by Gasteiger charge is -2.05. The van der Waals surface area contributed by atoms with E-state index in [1.807, 2.05) is 30.3 Å². The molecule has 0 spiro atoms. The van der Waals surface area contributed by atoms with Gasteiger partial charge in [0.1, 0.15) is 0 Å². The first-order valence-electron chi connectivity index (χ1n) is 5.59. The summed E-state index contributed by atoms with van der Waals surface area (Å²) in [5.74, 6) is 0.837. The van der Waals surface area contributed by atoms with Gasteiger partial charge < -0.3 is 15.2 Å². The molecule has 1 aromatic carbocycles. The Morgan fingerprint density at radius 3 is 2.78 bits per heavy atom. The number of hydrogen-bond donors (Lipinski definition) is 2. The van der Waals surface area contributed by atoms with Crippen molar-refractivity contribution in [2.24, 2.45) is 0 Å². The van der Waals surface area contributed by atoms with E-state index >= 15 is 0 Å². The number of nitrogens with zero attached hydrogens (tertiary/aromatic N) is 2. The Hall–Kier alpha value is -2.37. The number of rotatable bonds is 5. The van der Waals surface area contributed by atoms with Gasteiger partial charge in [-0.2, -0.15) is 4.98 Å². The molecule has 0 saturated heterocycles. The Bertz CT molecular complexity index is 510. The largest absolute Gasteiger partial charge is 0.376 e. The van der Waals surface area contributed by atoms with Crippen LogP contribution in [0.15, 0.2) is 34.9 Å². The van der Waals surface area contributed by atoms with Crippen molar-refractivity contribution in [2.75, 3.05) is 11.9 Å². The Morgan fingerprint density at radius 2 is 2.11 bits per heavy atom. The molecule has 0 aliphatic heterocycles. The second-order valence-corrected chi connectivity index (χ2v) is 3.73. The average Bonchev–Trinajstić information content (AvgIpc) is 2.81. The molecule has 0 atom stereocenters. The maximum Gasteiger partial charge on any atom is 0.239 e. The average molecular weight is 246 g/mol. The number of aryl methyl sites for hydroxylation is 1. The van der Waals surface area contributed by atoms with Crippen molar-refractivity contribution in [3.05, 3.63) is 42.0 Å². The summed E-state index contributed by atoms with van der Waals surface area (Å²) in [5.41, 5.74) is 0.906. The Labute approximate surface area is 104 Å². The summed E-state index contributed by atoms with van der Waals surface area (Å²) in [6.45, 7) is 2.18. The molecule has 0 bridgehead atoms. The van der Waals surface area contributed by atoms with Crippen molar-refractivity contribution in [1.82, 2.24) is 15.5 Å². The van der Waals surface area contributed by atoms with Crippen LogP contribution in [0.2, 0.25) is 0 Å². The van der Waals surface area contributed by atoms with E-state index in [1.54, 1.807) is 6.92 Å². The van der Waals surface area contributed by atoms with Gasteiger partial charge in [-0.15, -0.1) is 0 Å². The predicted molar refractivity (Wildman–Crippen MR) is 65.8 cm³/mol. The number of benzene rings is 1. The van der Waals surface area contributed by atoms with Gasteiger partial charge in [-0.25, -0.2) is 0 Å². The second-order valence-electron chi connectivity index (χ2n) is 3.73. The highest BCUT2D eigenvalue weighted by Gasteiger charge is 2.05. The number of anilines is 1. The fourth-order valence-corrected chi connectivity index (χ4v) is 1.39. The molecular formula is C12H14N4O2. The van der Waals surface area contributed by atoms with Gasteiger partial charge in [0.15, 0.2) is 5.82 Å². The zero-order chi connectivity index (χ0) is 12.8. The summed E-state index contributed by atoms with van der Waals surface area (Å²) >= 11 is 0. The number of nitrogens with one attached hydrogen (secondary N) is 2. The Balaban J connectivity index is 1.73. The van der Waals surface area contributed by atoms with Gasteiger partial charge in [0.2, 0.25) is 11.8 Å². The van der Waals surface area contributed by atoms with E-state index in [2.05, 4.69) is 20.8 Å². The third kappa shape index (κ3) is 3.58. The van der Waals surface area contributed by atoms with Crippen LogP contribution in [-0.2, 0) is 11.3 Å². The fourth-order valence-electron chi connectivity index (χ4n) is 1.39. The number of aromatic nitrogens is 2. The van der Waals surface area contributed by atoms with Crippen LogP contribution in [0.3, 0.4) is 0 Å². The lowest BCUT2D eigenvalue weighted by Crippen LogP contribution is -2.29. The molecule has 1 aromatic heterocycles. The molecule has 18 heavy (non-hydrogen) atoms. The molecule has 6 heteroatoms. The minimum Gasteiger partial charge on any atom is -0.376 e. The Morgan fingerprint density at radius 1 is 1.33 bits per heavy atom. The molecule has 0 saturated carbocycles. The molecule has 2 rings (SSSR count). The van der Waals surface area contributed by atoms with Gasteiger partial charge >= 0.3 is 0 Å². The fraction of sp³-hybridized carbons (Fsp3) is 0.250. The molecule has 1 heterocycles. The molecule has 2 N–H and O–H groups in total. The van der Waals surface area contributed by atoms with Crippen molar-refractivity contribution >= 4 is 11.6 Å².